The maximum atomic E-state index is 11.7. The fourth-order valence-corrected chi connectivity index (χ4v) is 3.56. The number of thioether (sulfide) groups is 1. The summed E-state index contributed by atoms with van der Waals surface area (Å²) in [5.41, 5.74) is 6.37. The molecule has 2 rings (SSSR count). The molecule has 1 amide bonds. The number of rotatable bonds is 5. The lowest BCUT2D eigenvalue weighted by atomic mass is 10.3. The Balaban J connectivity index is 1.80. The van der Waals surface area contributed by atoms with Crippen LogP contribution in [0, 0.1) is 0 Å². The zero-order chi connectivity index (χ0) is 13.7. The molecule has 3 nitrogen and oxygen atoms in total. The molecule has 0 aliphatic carbocycles. The Labute approximate surface area is 128 Å². The second-order valence-electron chi connectivity index (χ2n) is 3.83. The molecule has 0 saturated carbocycles. The molecular formula is C13H13BrN2OS2. The van der Waals surface area contributed by atoms with Gasteiger partial charge in [-0.1, -0.05) is 6.07 Å². The molecule has 0 radical (unpaired) electrons. The van der Waals surface area contributed by atoms with Crippen LogP contribution in [0.1, 0.15) is 4.88 Å². The molecule has 0 saturated heterocycles. The Morgan fingerprint density at radius 2 is 2.26 bits per heavy atom. The van der Waals surface area contributed by atoms with Crippen LogP contribution in [0.25, 0.3) is 0 Å². The van der Waals surface area contributed by atoms with E-state index in [0.29, 0.717) is 18.0 Å². The highest BCUT2D eigenvalue weighted by molar-refractivity contribution is 9.10. The Kier molecular flexibility index (Phi) is 5.30. The average molecular weight is 357 g/mol. The van der Waals surface area contributed by atoms with Crippen LogP contribution in [0.15, 0.2) is 45.1 Å². The number of halogens is 1. The fraction of sp³-hybridized carbons (Fsp3) is 0.154. The number of thiophene rings is 1. The fourth-order valence-electron chi connectivity index (χ4n) is 1.43. The van der Waals surface area contributed by atoms with E-state index in [9.17, 15) is 4.79 Å². The van der Waals surface area contributed by atoms with E-state index in [1.807, 2.05) is 35.7 Å². The van der Waals surface area contributed by atoms with Crippen molar-refractivity contribution in [3.05, 3.63) is 45.1 Å². The van der Waals surface area contributed by atoms with Crippen LogP contribution in [0.2, 0.25) is 0 Å². The number of amides is 1. The van der Waals surface area contributed by atoms with Gasteiger partial charge in [0.05, 0.1) is 12.3 Å². The minimum Gasteiger partial charge on any atom is -0.399 e. The van der Waals surface area contributed by atoms with Crippen LogP contribution in [0.3, 0.4) is 0 Å². The molecule has 0 unspecified atom stereocenters. The summed E-state index contributed by atoms with van der Waals surface area (Å²) in [7, 11) is 0. The highest BCUT2D eigenvalue weighted by Crippen LogP contribution is 2.28. The van der Waals surface area contributed by atoms with Crippen molar-refractivity contribution in [2.45, 2.75) is 11.4 Å². The minimum absolute atomic E-state index is 0.0297. The van der Waals surface area contributed by atoms with Gasteiger partial charge in [0.2, 0.25) is 5.91 Å². The largest absolute Gasteiger partial charge is 0.399 e. The Morgan fingerprint density at radius 1 is 1.42 bits per heavy atom. The highest BCUT2D eigenvalue weighted by atomic mass is 79.9. The van der Waals surface area contributed by atoms with Crippen LogP contribution in [-0.4, -0.2) is 11.7 Å². The van der Waals surface area contributed by atoms with E-state index in [-0.39, 0.29) is 5.91 Å². The van der Waals surface area contributed by atoms with Crippen molar-refractivity contribution < 1.29 is 4.79 Å². The van der Waals surface area contributed by atoms with Crippen LogP contribution >= 0.6 is 39.0 Å². The Hall–Kier alpha value is -0.980. The predicted molar refractivity (Wildman–Crippen MR) is 85.4 cm³/mol. The Morgan fingerprint density at radius 3 is 2.95 bits per heavy atom. The maximum Gasteiger partial charge on any atom is 0.230 e. The summed E-state index contributed by atoms with van der Waals surface area (Å²) < 4.78 is 0.920. The molecule has 0 fully saturated rings. The first-order valence-corrected chi connectivity index (χ1v) is 8.28. The van der Waals surface area contributed by atoms with Crippen molar-refractivity contribution in [3.63, 3.8) is 0 Å². The number of nitrogens with one attached hydrogen (secondary N) is 1. The van der Waals surface area contributed by atoms with Crippen LogP contribution < -0.4 is 11.1 Å². The van der Waals surface area contributed by atoms with E-state index in [1.165, 1.54) is 11.8 Å². The first kappa shape index (κ1) is 14.4. The molecule has 100 valence electrons. The van der Waals surface area contributed by atoms with Crippen molar-refractivity contribution in [3.8, 4) is 0 Å². The molecular weight excluding hydrogens is 344 g/mol. The lowest BCUT2D eigenvalue weighted by Gasteiger charge is -2.06. The van der Waals surface area contributed by atoms with E-state index < -0.39 is 0 Å². The third-order valence-corrected chi connectivity index (χ3v) is 5.22. The van der Waals surface area contributed by atoms with Crippen LogP contribution in [-0.2, 0) is 11.3 Å². The molecule has 1 aromatic carbocycles. The maximum absolute atomic E-state index is 11.7. The number of carbonyl (C=O) groups is 1. The SMILES string of the molecule is Nc1ccc(SCC(=O)NCc2cccs2)c(Br)c1. The third kappa shape index (κ3) is 4.56. The number of carbonyl (C=O) groups excluding carboxylic acids is 1. The van der Waals surface area contributed by atoms with Gasteiger partial charge < -0.3 is 11.1 Å². The summed E-state index contributed by atoms with van der Waals surface area (Å²) in [4.78, 5) is 13.9. The second-order valence-corrected chi connectivity index (χ2v) is 6.74. The van der Waals surface area contributed by atoms with Gasteiger partial charge in [0.15, 0.2) is 0 Å². The normalized spacial score (nSPS) is 10.4. The summed E-state index contributed by atoms with van der Waals surface area (Å²) in [6.45, 7) is 0.597. The van der Waals surface area contributed by atoms with Crippen molar-refractivity contribution >= 4 is 50.6 Å². The van der Waals surface area contributed by atoms with Crippen LogP contribution in [0.5, 0.6) is 0 Å². The predicted octanol–water partition coefficient (Wildman–Crippen LogP) is 3.50. The second kappa shape index (κ2) is 6.98. The van der Waals surface area contributed by atoms with Gasteiger partial charge in [-0.2, -0.15) is 0 Å². The monoisotopic (exact) mass is 356 g/mol. The number of nitrogens with two attached hydrogens (primary N) is 1. The quantitative estimate of drug-likeness (QED) is 0.636. The number of anilines is 1. The van der Waals surface area contributed by atoms with Gasteiger partial charge in [-0.3, -0.25) is 4.79 Å². The van der Waals surface area contributed by atoms with E-state index in [4.69, 9.17) is 5.73 Å². The summed E-state index contributed by atoms with van der Waals surface area (Å²) in [5.74, 6) is 0.426. The van der Waals surface area contributed by atoms with Gasteiger partial charge >= 0.3 is 0 Å². The molecule has 0 aliphatic heterocycles. The van der Waals surface area contributed by atoms with Crippen molar-refractivity contribution in [1.29, 1.82) is 0 Å². The molecule has 3 N–H and O–H groups in total. The van der Waals surface area contributed by atoms with Gasteiger partial charge in [-0.15, -0.1) is 23.1 Å². The molecule has 0 aliphatic rings. The van der Waals surface area contributed by atoms with Crippen LogP contribution in [0.4, 0.5) is 5.69 Å². The van der Waals surface area contributed by atoms with Crippen molar-refractivity contribution in [2.24, 2.45) is 0 Å². The molecule has 1 heterocycles. The van der Waals surface area contributed by atoms with Crippen molar-refractivity contribution in [2.75, 3.05) is 11.5 Å². The zero-order valence-electron chi connectivity index (χ0n) is 10.1. The topological polar surface area (TPSA) is 55.1 Å². The summed E-state index contributed by atoms with van der Waals surface area (Å²) in [5, 5.41) is 4.90. The molecule has 6 heteroatoms. The molecule has 19 heavy (non-hydrogen) atoms. The van der Waals surface area contributed by atoms with E-state index in [2.05, 4.69) is 21.2 Å². The van der Waals surface area contributed by atoms with E-state index >= 15 is 0 Å². The number of hydrogen-bond donors (Lipinski definition) is 2. The standard InChI is InChI=1S/C13H13BrN2OS2/c14-11-6-9(15)3-4-12(11)19-8-13(17)16-7-10-2-1-5-18-10/h1-6H,7-8,15H2,(H,16,17). The smallest absolute Gasteiger partial charge is 0.230 e. The highest BCUT2D eigenvalue weighted by Gasteiger charge is 2.06. The van der Waals surface area contributed by atoms with Gasteiger partial charge in [0.1, 0.15) is 0 Å². The zero-order valence-corrected chi connectivity index (χ0v) is 13.3. The number of benzene rings is 1. The third-order valence-electron chi connectivity index (χ3n) is 2.35. The van der Waals surface area contributed by atoms with Gasteiger partial charge in [0.25, 0.3) is 0 Å². The summed E-state index contributed by atoms with van der Waals surface area (Å²) in [6, 6.07) is 9.57. The lowest BCUT2D eigenvalue weighted by molar-refractivity contribution is -0.118. The van der Waals surface area contributed by atoms with E-state index in [1.54, 1.807) is 11.3 Å². The van der Waals surface area contributed by atoms with Gasteiger partial charge in [-0.25, -0.2) is 0 Å². The molecule has 0 bridgehead atoms. The van der Waals surface area contributed by atoms with E-state index in [0.717, 1.165) is 14.2 Å². The van der Waals surface area contributed by atoms with Gasteiger partial charge in [0, 0.05) is 19.9 Å². The van der Waals surface area contributed by atoms with Gasteiger partial charge in [-0.05, 0) is 45.6 Å². The molecule has 2 aromatic rings. The number of nitrogen functional groups attached to an aromatic ring is 1. The molecule has 0 spiro atoms. The first-order valence-electron chi connectivity index (χ1n) is 5.62. The summed E-state index contributed by atoms with van der Waals surface area (Å²) in [6.07, 6.45) is 0. The average Bonchev–Trinajstić information content (AvgIpc) is 2.88. The molecule has 1 aromatic heterocycles. The first-order chi connectivity index (χ1) is 9.15. The summed E-state index contributed by atoms with van der Waals surface area (Å²) >= 11 is 6.57. The lowest BCUT2D eigenvalue weighted by Crippen LogP contribution is -2.24. The Bertz CT molecular complexity index is 558. The van der Waals surface area contributed by atoms with Crippen molar-refractivity contribution in [1.82, 2.24) is 5.32 Å². The molecule has 0 atom stereocenters. The number of hydrogen-bond acceptors (Lipinski definition) is 4. The minimum atomic E-state index is 0.0297.